The van der Waals surface area contributed by atoms with Gasteiger partial charge in [0.25, 0.3) is 0 Å². The number of aromatic nitrogens is 6. The summed E-state index contributed by atoms with van der Waals surface area (Å²) in [4.78, 5) is 37.7. The molecule has 2 saturated heterocycles. The Morgan fingerprint density at radius 3 is 2.34 bits per heavy atom. The van der Waals surface area contributed by atoms with Crippen molar-refractivity contribution in [1.29, 1.82) is 0 Å². The van der Waals surface area contributed by atoms with Crippen molar-refractivity contribution in [1.82, 2.24) is 34.3 Å². The van der Waals surface area contributed by atoms with Crippen molar-refractivity contribution in [2.45, 2.75) is 57.5 Å². The number of carbonyl (C=O) groups is 2. The third-order valence-electron chi connectivity index (χ3n) is 8.68. The van der Waals surface area contributed by atoms with Crippen LogP contribution in [0.15, 0.2) is 36.8 Å². The van der Waals surface area contributed by atoms with Crippen LogP contribution in [0.25, 0.3) is 28.2 Å². The van der Waals surface area contributed by atoms with Gasteiger partial charge in [0.2, 0.25) is 5.91 Å². The van der Waals surface area contributed by atoms with E-state index in [2.05, 4.69) is 15.2 Å². The minimum atomic E-state index is -1.23. The molecule has 4 aromatic heterocycles. The van der Waals surface area contributed by atoms with Crippen LogP contribution in [0, 0.1) is 5.41 Å². The summed E-state index contributed by atoms with van der Waals surface area (Å²) in [7, 11) is 1.86. The summed E-state index contributed by atoms with van der Waals surface area (Å²) in [6.45, 7) is 2.22. The Hall–Kier alpha value is -4.16. The Kier molecular flexibility index (Phi) is 6.62. The van der Waals surface area contributed by atoms with Crippen LogP contribution in [-0.2, 0) is 11.8 Å². The average Bonchev–Trinajstić information content (AvgIpc) is 3.67. The Morgan fingerprint density at radius 1 is 1.07 bits per heavy atom. The zero-order valence-electron chi connectivity index (χ0n) is 23.4. The third-order valence-corrected chi connectivity index (χ3v) is 8.68. The summed E-state index contributed by atoms with van der Waals surface area (Å²) in [6, 6.07) is 5.58. The van der Waals surface area contributed by atoms with E-state index in [0.29, 0.717) is 29.7 Å². The highest BCUT2D eigenvalue weighted by molar-refractivity contribution is 6.00. The molecular weight excluding hydrogens is 524 g/mol. The van der Waals surface area contributed by atoms with Gasteiger partial charge in [-0.15, -0.1) is 0 Å². The molecule has 2 fully saturated rings. The van der Waals surface area contributed by atoms with Crippen LogP contribution in [0.1, 0.15) is 61.5 Å². The quantitative estimate of drug-likeness (QED) is 0.288. The number of aliphatic hydroxyl groups is 2. The summed E-state index contributed by atoms with van der Waals surface area (Å²) in [5.41, 5.74) is 9.92. The SMILES string of the molecule is CC(=O)c1c([C@H]2C[C@H]3CC[C@@H](C2)N3C(=O)C(C)(CO)CO)nc2c(-c3ccc(-c4ccn(C)n4)nc3)cnn2c1N. The van der Waals surface area contributed by atoms with Gasteiger partial charge in [-0.1, -0.05) is 6.07 Å². The first kappa shape index (κ1) is 27.0. The first-order valence-electron chi connectivity index (χ1n) is 13.8. The molecule has 6 rings (SSSR count). The average molecular weight is 559 g/mol. The van der Waals surface area contributed by atoms with E-state index in [1.165, 1.54) is 11.4 Å². The van der Waals surface area contributed by atoms with Crippen LogP contribution in [0.2, 0.25) is 0 Å². The summed E-state index contributed by atoms with van der Waals surface area (Å²) in [6.07, 6.45) is 8.16. The Balaban J connectivity index is 1.37. The molecule has 41 heavy (non-hydrogen) atoms. The topological polar surface area (TPSA) is 165 Å². The molecule has 4 N–H and O–H groups in total. The number of anilines is 1. The number of ketones is 1. The molecule has 6 heterocycles. The third kappa shape index (κ3) is 4.38. The number of nitrogens with two attached hydrogens (primary N) is 1. The largest absolute Gasteiger partial charge is 0.395 e. The Labute approximate surface area is 236 Å². The molecule has 1 amide bonds. The molecule has 214 valence electrons. The minimum Gasteiger partial charge on any atom is -0.395 e. The van der Waals surface area contributed by atoms with Gasteiger partial charge in [0, 0.05) is 48.6 Å². The molecule has 4 aromatic rings. The van der Waals surface area contributed by atoms with E-state index >= 15 is 0 Å². The van der Waals surface area contributed by atoms with Gasteiger partial charge in [-0.2, -0.15) is 14.7 Å². The molecule has 0 aliphatic carbocycles. The van der Waals surface area contributed by atoms with Gasteiger partial charge in [0.15, 0.2) is 11.4 Å². The lowest BCUT2D eigenvalue weighted by molar-refractivity contribution is -0.151. The standard InChI is InChI=1S/C29H34N8O4/c1-16(40)24-25(18-10-19-5-6-20(11-18)36(19)28(41)29(2,14-38)15-39)33-27-21(13-32-37(27)26(24)30)17-4-7-22(31-12-17)23-8-9-35(3)34-23/h4,7-9,12-13,18-20,38-39H,5-6,10-11,14-15,30H2,1-3H3/t18-,19+,20-. The smallest absolute Gasteiger partial charge is 0.233 e. The number of aliphatic hydroxyl groups excluding tert-OH is 2. The molecule has 2 bridgehead atoms. The fraction of sp³-hybridized carbons (Fsp3) is 0.448. The molecule has 12 nitrogen and oxygen atoms in total. The van der Waals surface area contributed by atoms with Crippen molar-refractivity contribution in [2.24, 2.45) is 12.5 Å². The molecule has 0 aromatic carbocycles. The number of hydrogen-bond acceptors (Lipinski definition) is 9. The van der Waals surface area contributed by atoms with E-state index in [-0.39, 0.29) is 35.5 Å². The highest BCUT2D eigenvalue weighted by atomic mass is 16.3. The molecule has 3 atom stereocenters. The number of nitrogen functional groups attached to an aromatic ring is 1. The normalized spacial score (nSPS) is 20.6. The first-order chi connectivity index (χ1) is 19.6. The maximum absolute atomic E-state index is 13.4. The second-order valence-electron chi connectivity index (χ2n) is 11.6. The van der Waals surface area contributed by atoms with Gasteiger partial charge in [-0.25, -0.2) is 4.98 Å². The van der Waals surface area contributed by atoms with Crippen molar-refractivity contribution in [3.05, 3.63) is 48.0 Å². The van der Waals surface area contributed by atoms with Crippen molar-refractivity contribution in [3.63, 3.8) is 0 Å². The van der Waals surface area contributed by atoms with Crippen LogP contribution in [-0.4, -0.2) is 81.5 Å². The lowest BCUT2D eigenvalue weighted by Crippen LogP contribution is -2.54. The summed E-state index contributed by atoms with van der Waals surface area (Å²) >= 11 is 0. The van der Waals surface area contributed by atoms with Crippen LogP contribution in [0.4, 0.5) is 5.82 Å². The number of amides is 1. The number of nitrogens with zero attached hydrogens (tertiary/aromatic N) is 7. The molecule has 0 saturated carbocycles. The van der Waals surface area contributed by atoms with E-state index in [1.807, 2.05) is 36.3 Å². The van der Waals surface area contributed by atoms with Gasteiger partial charge in [-0.05, 0) is 51.7 Å². The number of rotatable bonds is 7. The van der Waals surface area contributed by atoms with Crippen LogP contribution < -0.4 is 5.73 Å². The maximum atomic E-state index is 13.4. The molecule has 0 radical (unpaired) electrons. The van der Waals surface area contributed by atoms with Crippen LogP contribution >= 0.6 is 0 Å². The number of fused-ring (bicyclic) bond motifs is 3. The van der Waals surface area contributed by atoms with Gasteiger partial charge in [0.1, 0.15) is 11.5 Å². The molecule has 12 heteroatoms. The highest BCUT2D eigenvalue weighted by Gasteiger charge is 2.49. The summed E-state index contributed by atoms with van der Waals surface area (Å²) in [5, 5.41) is 28.5. The predicted octanol–water partition coefficient (Wildman–Crippen LogP) is 2.20. The second kappa shape index (κ2) is 10.0. The van der Waals surface area contributed by atoms with Crippen molar-refractivity contribution < 1.29 is 19.8 Å². The van der Waals surface area contributed by atoms with Gasteiger partial charge in [0.05, 0.1) is 41.8 Å². The second-order valence-corrected chi connectivity index (χ2v) is 11.6. The van der Waals surface area contributed by atoms with Crippen molar-refractivity contribution >= 4 is 23.2 Å². The van der Waals surface area contributed by atoms with E-state index in [0.717, 1.165) is 35.4 Å². The predicted molar refractivity (Wildman–Crippen MR) is 151 cm³/mol. The van der Waals surface area contributed by atoms with Gasteiger partial charge >= 0.3 is 0 Å². The molecule has 2 aliphatic rings. The van der Waals surface area contributed by atoms with Gasteiger partial charge < -0.3 is 20.8 Å². The Bertz CT molecular complexity index is 1620. The molecule has 0 spiro atoms. The lowest BCUT2D eigenvalue weighted by Gasteiger charge is -2.42. The number of piperidine rings is 1. The van der Waals surface area contributed by atoms with Crippen LogP contribution in [0.5, 0.6) is 0 Å². The minimum absolute atomic E-state index is 0.0737. The molecule has 0 unspecified atom stereocenters. The zero-order chi connectivity index (χ0) is 29.1. The number of pyridine rings is 1. The van der Waals surface area contributed by atoms with E-state index in [1.54, 1.807) is 24.0 Å². The fourth-order valence-corrected chi connectivity index (χ4v) is 6.38. The number of aryl methyl sites for hydroxylation is 1. The number of Topliss-reactive ketones (excluding diaryl/α,β-unsaturated/α-hetero) is 1. The highest BCUT2D eigenvalue weighted by Crippen LogP contribution is 2.46. The lowest BCUT2D eigenvalue weighted by atomic mass is 9.82. The first-order valence-corrected chi connectivity index (χ1v) is 13.8. The fourth-order valence-electron chi connectivity index (χ4n) is 6.38. The number of hydrogen-bond donors (Lipinski definition) is 3. The van der Waals surface area contributed by atoms with Crippen molar-refractivity contribution in [3.8, 4) is 22.5 Å². The molecular formula is C29H34N8O4. The van der Waals surface area contributed by atoms with E-state index in [9.17, 15) is 19.8 Å². The zero-order valence-corrected chi connectivity index (χ0v) is 23.4. The van der Waals surface area contributed by atoms with E-state index < -0.39 is 18.6 Å². The monoisotopic (exact) mass is 558 g/mol. The van der Waals surface area contributed by atoms with E-state index in [4.69, 9.17) is 10.7 Å². The maximum Gasteiger partial charge on any atom is 0.233 e. The molecule has 2 aliphatic heterocycles. The van der Waals surface area contributed by atoms with Gasteiger partial charge in [-0.3, -0.25) is 19.3 Å². The summed E-state index contributed by atoms with van der Waals surface area (Å²) < 4.78 is 3.23. The summed E-state index contributed by atoms with van der Waals surface area (Å²) in [5.74, 6) is -0.280. The van der Waals surface area contributed by atoms with Crippen LogP contribution in [0.3, 0.4) is 0 Å². The Morgan fingerprint density at radius 2 is 1.78 bits per heavy atom. The number of carbonyl (C=O) groups excluding carboxylic acids is 2. The van der Waals surface area contributed by atoms with Crippen molar-refractivity contribution in [2.75, 3.05) is 18.9 Å².